The first kappa shape index (κ1) is 11.3. The van der Waals surface area contributed by atoms with Crippen molar-refractivity contribution in [2.24, 2.45) is 0 Å². The summed E-state index contributed by atoms with van der Waals surface area (Å²) in [6, 6.07) is 4.86. The van der Waals surface area contributed by atoms with Gasteiger partial charge in [-0.3, -0.25) is 10.1 Å². The minimum atomic E-state index is -0.357. The molecule has 2 rings (SSSR count). The van der Waals surface area contributed by atoms with Gasteiger partial charge in [0.05, 0.1) is 15.6 Å². The number of amides is 1. The summed E-state index contributed by atoms with van der Waals surface area (Å²) in [4.78, 5) is 11.8. The highest BCUT2D eigenvalue weighted by atomic mass is 35.5. The zero-order valence-electron chi connectivity index (χ0n) is 7.78. The van der Waals surface area contributed by atoms with E-state index in [2.05, 4.69) is 15.5 Å². The van der Waals surface area contributed by atoms with Gasteiger partial charge in [-0.1, -0.05) is 40.6 Å². The van der Waals surface area contributed by atoms with E-state index in [0.29, 0.717) is 15.7 Å². The molecule has 0 saturated carbocycles. The Morgan fingerprint density at radius 1 is 1.38 bits per heavy atom. The molecule has 82 valence electrons. The number of nitrogens with zero attached hydrogens (tertiary/aromatic N) is 2. The van der Waals surface area contributed by atoms with Crippen molar-refractivity contribution in [3.05, 3.63) is 39.3 Å². The first-order valence-electron chi connectivity index (χ1n) is 4.20. The second-order valence-electron chi connectivity index (χ2n) is 2.80. The van der Waals surface area contributed by atoms with E-state index >= 15 is 0 Å². The van der Waals surface area contributed by atoms with Crippen molar-refractivity contribution in [3.63, 3.8) is 0 Å². The average Bonchev–Trinajstić information content (AvgIpc) is 2.74. The van der Waals surface area contributed by atoms with Gasteiger partial charge in [0, 0.05) is 0 Å². The second-order valence-corrected chi connectivity index (χ2v) is 4.42. The topological polar surface area (TPSA) is 54.9 Å². The molecule has 0 aliphatic carbocycles. The Morgan fingerprint density at radius 2 is 2.19 bits per heavy atom. The Bertz CT molecular complexity index is 515. The van der Waals surface area contributed by atoms with Crippen molar-refractivity contribution in [2.75, 3.05) is 5.32 Å². The maximum absolute atomic E-state index is 11.8. The summed E-state index contributed by atoms with van der Waals surface area (Å²) in [5, 5.41) is 10.9. The first-order chi connectivity index (χ1) is 7.68. The molecule has 1 aromatic heterocycles. The smallest absolute Gasteiger partial charge is 0.259 e. The van der Waals surface area contributed by atoms with Gasteiger partial charge in [-0.2, -0.15) is 0 Å². The van der Waals surface area contributed by atoms with Crippen molar-refractivity contribution in [3.8, 4) is 0 Å². The molecule has 0 aliphatic rings. The lowest BCUT2D eigenvalue weighted by Crippen LogP contribution is -2.12. The number of benzene rings is 1. The molecule has 1 heterocycles. The van der Waals surface area contributed by atoms with Crippen molar-refractivity contribution in [2.45, 2.75) is 0 Å². The van der Waals surface area contributed by atoms with Gasteiger partial charge < -0.3 is 0 Å². The first-order valence-corrected chi connectivity index (χ1v) is 5.83. The van der Waals surface area contributed by atoms with Gasteiger partial charge in [0.1, 0.15) is 5.51 Å². The van der Waals surface area contributed by atoms with Crippen LogP contribution in [0.3, 0.4) is 0 Å². The number of halogens is 2. The van der Waals surface area contributed by atoms with Crippen LogP contribution in [0, 0.1) is 0 Å². The fourth-order valence-electron chi connectivity index (χ4n) is 1.07. The number of rotatable bonds is 2. The Hall–Kier alpha value is -1.17. The summed E-state index contributed by atoms with van der Waals surface area (Å²) in [5.74, 6) is -0.357. The number of carbonyl (C=O) groups excluding carboxylic acids is 1. The fourth-order valence-corrected chi connectivity index (χ4v) is 1.90. The van der Waals surface area contributed by atoms with Crippen LogP contribution in [0.15, 0.2) is 23.7 Å². The minimum Gasteiger partial charge on any atom is -0.296 e. The molecule has 0 saturated heterocycles. The molecule has 0 spiro atoms. The molecule has 0 aliphatic heterocycles. The van der Waals surface area contributed by atoms with Gasteiger partial charge in [-0.25, -0.2) is 0 Å². The Labute approximate surface area is 105 Å². The predicted octanol–water partition coefficient (Wildman–Crippen LogP) is 3.10. The van der Waals surface area contributed by atoms with Gasteiger partial charge in [0.2, 0.25) is 5.13 Å². The van der Waals surface area contributed by atoms with Crippen molar-refractivity contribution < 1.29 is 4.79 Å². The van der Waals surface area contributed by atoms with E-state index in [4.69, 9.17) is 23.2 Å². The highest BCUT2D eigenvalue weighted by Crippen LogP contribution is 2.26. The molecule has 7 heteroatoms. The molecule has 0 bridgehead atoms. The largest absolute Gasteiger partial charge is 0.296 e. The molecule has 0 atom stereocenters. The molecule has 1 amide bonds. The van der Waals surface area contributed by atoms with Crippen molar-refractivity contribution >= 4 is 45.6 Å². The number of anilines is 1. The predicted molar refractivity (Wildman–Crippen MR) is 64.3 cm³/mol. The lowest BCUT2D eigenvalue weighted by atomic mass is 10.2. The summed E-state index contributed by atoms with van der Waals surface area (Å²) >= 11 is 12.9. The van der Waals surface area contributed by atoms with Crippen LogP contribution in [0.2, 0.25) is 10.0 Å². The van der Waals surface area contributed by atoms with Crippen molar-refractivity contribution in [1.82, 2.24) is 10.2 Å². The molecule has 0 unspecified atom stereocenters. The molecule has 0 fully saturated rings. The van der Waals surface area contributed by atoms with Crippen LogP contribution >= 0.6 is 34.5 Å². The third kappa shape index (κ3) is 2.32. The van der Waals surface area contributed by atoms with Gasteiger partial charge in [0.15, 0.2) is 0 Å². The molecule has 1 N–H and O–H groups in total. The molecule has 0 radical (unpaired) electrons. The number of nitrogens with one attached hydrogen (secondary N) is 1. The highest BCUT2D eigenvalue weighted by Gasteiger charge is 2.13. The monoisotopic (exact) mass is 273 g/mol. The molecule has 1 aromatic carbocycles. The third-order valence-corrected chi connectivity index (χ3v) is 3.20. The lowest BCUT2D eigenvalue weighted by molar-refractivity contribution is 0.102. The van der Waals surface area contributed by atoms with Gasteiger partial charge in [0.25, 0.3) is 5.91 Å². The van der Waals surface area contributed by atoms with Crippen LogP contribution < -0.4 is 5.32 Å². The normalized spacial score (nSPS) is 10.1. The van der Waals surface area contributed by atoms with Crippen LogP contribution in [-0.2, 0) is 0 Å². The highest BCUT2D eigenvalue weighted by molar-refractivity contribution is 7.13. The van der Waals surface area contributed by atoms with Crippen LogP contribution in [0.5, 0.6) is 0 Å². The summed E-state index contributed by atoms with van der Waals surface area (Å²) in [6.45, 7) is 0. The number of hydrogen-bond acceptors (Lipinski definition) is 4. The summed E-state index contributed by atoms with van der Waals surface area (Å²) in [6.07, 6.45) is 0. The molecule has 16 heavy (non-hydrogen) atoms. The Balaban J connectivity index is 2.24. The maximum Gasteiger partial charge on any atom is 0.259 e. The Morgan fingerprint density at radius 3 is 2.88 bits per heavy atom. The summed E-state index contributed by atoms with van der Waals surface area (Å²) < 4.78 is 0. The Kier molecular flexibility index (Phi) is 3.38. The van der Waals surface area contributed by atoms with Crippen molar-refractivity contribution in [1.29, 1.82) is 0 Å². The van der Waals surface area contributed by atoms with Crippen LogP contribution in [0.1, 0.15) is 10.4 Å². The third-order valence-electron chi connectivity index (χ3n) is 1.78. The number of aromatic nitrogens is 2. The lowest BCUT2D eigenvalue weighted by Gasteiger charge is -2.04. The van der Waals surface area contributed by atoms with Crippen LogP contribution in [0.25, 0.3) is 0 Å². The minimum absolute atomic E-state index is 0.228. The zero-order valence-corrected chi connectivity index (χ0v) is 10.1. The molecule has 4 nitrogen and oxygen atoms in total. The van der Waals surface area contributed by atoms with E-state index in [1.807, 2.05) is 0 Å². The number of hydrogen-bond donors (Lipinski definition) is 1. The van der Waals surface area contributed by atoms with E-state index in [1.54, 1.807) is 18.2 Å². The quantitative estimate of drug-likeness (QED) is 0.915. The van der Waals surface area contributed by atoms with Crippen LogP contribution in [0.4, 0.5) is 5.13 Å². The van der Waals surface area contributed by atoms with E-state index in [-0.39, 0.29) is 10.9 Å². The van der Waals surface area contributed by atoms with Gasteiger partial charge in [-0.15, -0.1) is 10.2 Å². The molecule has 2 aromatic rings. The summed E-state index contributed by atoms with van der Waals surface area (Å²) in [7, 11) is 0. The summed E-state index contributed by atoms with van der Waals surface area (Å²) in [5.41, 5.74) is 1.83. The van der Waals surface area contributed by atoms with E-state index < -0.39 is 0 Å². The van der Waals surface area contributed by atoms with E-state index in [9.17, 15) is 4.79 Å². The second kappa shape index (κ2) is 4.78. The maximum atomic E-state index is 11.8. The zero-order chi connectivity index (χ0) is 11.5. The van der Waals surface area contributed by atoms with E-state index in [0.717, 1.165) is 0 Å². The average molecular weight is 274 g/mol. The van der Waals surface area contributed by atoms with Gasteiger partial charge >= 0.3 is 0 Å². The molecular weight excluding hydrogens is 269 g/mol. The van der Waals surface area contributed by atoms with Gasteiger partial charge in [-0.05, 0) is 12.1 Å². The van der Waals surface area contributed by atoms with E-state index in [1.165, 1.54) is 16.8 Å². The standard InChI is InChI=1S/C9H5Cl2N3OS/c10-6-3-1-2-5(7(6)11)8(15)13-9-14-12-4-16-9/h1-4H,(H,13,14,15). The van der Waals surface area contributed by atoms with Crippen LogP contribution in [-0.4, -0.2) is 16.1 Å². The fraction of sp³-hybridized carbons (Fsp3) is 0. The SMILES string of the molecule is O=C(Nc1nncs1)c1cccc(Cl)c1Cl. The molecular formula is C9H5Cl2N3OS. The number of carbonyl (C=O) groups is 1.